The van der Waals surface area contributed by atoms with Crippen molar-refractivity contribution in [3.05, 3.63) is 0 Å². The molecule has 0 amide bonds. The summed E-state index contributed by atoms with van der Waals surface area (Å²) >= 11 is 5.54. The summed E-state index contributed by atoms with van der Waals surface area (Å²) in [5.74, 6) is 0.870. The first-order chi connectivity index (χ1) is 8.75. The second kappa shape index (κ2) is 7.32. The Morgan fingerprint density at radius 1 is 1.00 bits per heavy atom. The first-order valence-electron chi connectivity index (χ1n) is 7.77. The van der Waals surface area contributed by atoms with Crippen LogP contribution in [0.5, 0.6) is 0 Å². The highest BCUT2D eigenvalue weighted by molar-refractivity contribution is 7.80. The summed E-state index contributed by atoms with van der Waals surface area (Å²) in [6, 6.07) is 0.639. The van der Waals surface area contributed by atoms with Crippen LogP contribution in [0.4, 0.5) is 0 Å². The predicted molar refractivity (Wildman–Crippen MR) is 81.8 cm³/mol. The van der Waals surface area contributed by atoms with Crippen molar-refractivity contribution in [1.29, 1.82) is 0 Å². The summed E-state index contributed by atoms with van der Waals surface area (Å²) in [5.41, 5.74) is 0. The number of nitrogens with zero attached hydrogens (tertiary/aromatic N) is 1. The Morgan fingerprint density at radius 2 is 1.56 bits per heavy atom. The van der Waals surface area contributed by atoms with E-state index in [0.29, 0.717) is 6.04 Å². The highest BCUT2D eigenvalue weighted by atomic mass is 32.1. The van der Waals surface area contributed by atoms with Crippen LogP contribution in [0.25, 0.3) is 0 Å². The summed E-state index contributed by atoms with van der Waals surface area (Å²) in [5, 5.41) is 4.54. The van der Waals surface area contributed by atoms with Crippen LogP contribution in [0.2, 0.25) is 0 Å². The molecule has 3 heteroatoms. The molecule has 2 saturated carbocycles. The van der Waals surface area contributed by atoms with Gasteiger partial charge in [-0.25, -0.2) is 0 Å². The maximum absolute atomic E-state index is 5.54. The van der Waals surface area contributed by atoms with Gasteiger partial charge in [-0.3, -0.25) is 0 Å². The minimum absolute atomic E-state index is 0.639. The molecule has 0 atom stereocenters. The molecule has 0 radical (unpaired) electrons. The molecule has 0 saturated heterocycles. The van der Waals surface area contributed by atoms with E-state index < -0.39 is 0 Å². The van der Waals surface area contributed by atoms with Gasteiger partial charge in [0.2, 0.25) is 0 Å². The summed E-state index contributed by atoms with van der Waals surface area (Å²) < 4.78 is 0. The molecule has 104 valence electrons. The Labute approximate surface area is 118 Å². The minimum Gasteiger partial charge on any atom is -0.360 e. The van der Waals surface area contributed by atoms with Gasteiger partial charge >= 0.3 is 0 Å². The summed E-state index contributed by atoms with van der Waals surface area (Å²) in [4.78, 5) is 2.28. The number of thiocarbonyl (C=S) groups is 1. The summed E-state index contributed by atoms with van der Waals surface area (Å²) in [7, 11) is 2.16. The van der Waals surface area contributed by atoms with Crippen molar-refractivity contribution in [2.45, 2.75) is 70.3 Å². The van der Waals surface area contributed by atoms with Crippen LogP contribution >= 0.6 is 12.2 Å². The van der Waals surface area contributed by atoms with Crippen molar-refractivity contribution in [3.63, 3.8) is 0 Å². The SMILES string of the molecule is CN(CC1CCCCC1)C(=S)NC1CCCCC1. The largest absolute Gasteiger partial charge is 0.360 e. The molecule has 0 unspecified atom stereocenters. The average molecular weight is 268 g/mol. The predicted octanol–water partition coefficient (Wildman–Crippen LogP) is 3.71. The Hall–Kier alpha value is -0.310. The van der Waals surface area contributed by atoms with Gasteiger partial charge in [-0.15, -0.1) is 0 Å². The zero-order chi connectivity index (χ0) is 12.8. The van der Waals surface area contributed by atoms with Crippen molar-refractivity contribution >= 4 is 17.3 Å². The van der Waals surface area contributed by atoms with E-state index in [1.165, 1.54) is 64.2 Å². The Kier molecular flexibility index (Phi) is 5.74. The van der Waals surface area contributed by atoms with E-state index in [9.17, 15) is 0 Å². The van der Waals surface area contributed by atoms with E-state index in [0.717, 1.165) is 17.6 Å². The van der Waals surface area contributed by atoms with Gasteiger partial charge in [-0.05, 0) is 43.8 Å². The second-order valence-electron chi connectivity index (χ2n) is 6.17. The highest BCUT2D eigenvalue weighted by Gasteiger charge is 2.19. The lowest BCUT2D eigenvalue weighted by Crippen LogP contribution is -2.45. The van der Waals surface area contributed by atoms with Crippen molar-refractivity contribution < 1.29 is 0 Å². The van der Waals surface area contributed by atoms with Gasteiger partial charge < -0.3 is 10.2 Å². The topological polar surface area (TPSA) is 15.3 Å². The van der Waals surface area contributed by atoms with Gasteiger partial charge in [0.15, 0.2) is 5.11 Å². The fourth-order valence-electron chi connectivity index (χ4n) is 3.37. The third kappa shape index (κ3) is 4.42. The smallest absolute Gasteiger partial charge is 0.168 e. The maximum Gasteiger partial charge on any atom is 0.168 e. The first-order valence-corrected chi connectivity index (χ1v) is 8.18. The van der Waals surface area contributed by atoms with Crippen LogP contribution in [0.3, 0.4) is 0 Å². The van der Waals surface area contributed by atoms with Crippen LogP contribution in [0.15, 0.2) is 0 Å². The van der Waals surface area contributed by atoms with E-state index in [1.807, 2.05) is 0 Å². The number of hydrogen-bond acceptors (Lipinski definition) is 1. The third-order valence-electron chi connectivity index (χ3n) is 4.54. The van der Waals surface area contributed by atoms with Gasteiger partial charge in [0, 0.05) is 19.6 Å². The van der Waals surface area contributed by atoms with Gasteiger partial charge in [0.1, 0.15) is 0 Å². The molecular weight excluding hydrogens is 240 g/mol. The number of rotatable bonds is 3. The summed E-state index contributed by atoms with van der Waals surface area (Å²) in [6.45, 7) is 1.15. The molecule has 2 aliphatic carbocycles. The quantitative estimate of drug-likeness (QED) is 0.786. The molecule has 2 fully saturated rings. The molecule has 0 aromatic rings. The van der Waals surface area contributed by atoms with Gasteiger partial charge in [-0.1, -0.05) is 38.5 Å². The Morgan fingerprint density at radius 3 is 2.17 bits per heavy atom. The van der Waals surface area contributed by atoms with E-state index in [1.54, 1.807) is 0 Å². The molecule has 0 aliphatic heterocycles. The maximum atomic E-state index is 5.54. The number of nitrogens with one attached hydrogen (secondary N) is 1. The van der Waals surface area contributed by atoms with Crippen molar-refractivity contribution in [3.8, 4) is 0 Å². The first kappa shape index (κ1) is 14.1. The van der Waals surface area contributed by atoms with Gasteiger partial charge in [-0.2, -0.15) is 0 Å². The monoisotopic (exact) mass is 268 g/mol. The average Bonchev–Trinajstić information content (AvgIpc) is 2.41. The fourth-order valence-corrected chi connectivity index (χ4v) is 3.61. The van der Waals surface area contributed by atoms with Crippen molar-refractivity contribution in [2.24, 2.45) is 5.92 Å². The van der Waals surface area contributed by atoms with E-state index >= 15 is 0 Å². The lowest BCUT2D eigenvalue weighted by molar-refractivity contribution is 0.291. The molecule has 18 heavy (non-hydrogen) atoms. The second-order valence-corrected chi connectivity index (χ2v) is 6.56. The molecular formula is C15H28N2S. The fraction of sp³-hybridized carbons (Fsp3) is 0.933. The molecule has 0 aromatic carbocycles. The molecule has 1 N–H and O–H groups in total. The van der Waals surface area contributed by atoms with E-state index in [4.69, 9.17) is 12.2 Å². The van der Waals surface area contributed by atoms with Crippen molar-refractivity contribution in [2.75, 3.05) is 13.6 Å². The number of hydrogen-bond donors (Lipinski definition) is 1. The molecule has 0 spiro atoms. The molecule has 0 heterocycles. The molecule has 2 nitrogen and oxygen atoms in total. The Bertz CT molecular complexity index is 255. The van der Waals surface area contributed by atoms with Crippen LogP contribution in [0.1, 0.15) is 64.2 Å². The molecule has 2 rings (SSSR count). The molecule has 0 bridgehead atoms. The lowest BCUT2D eigenvalue weighted by atomic mass is 9.89. The van der Waals surface area contributed by atoms with Crippen LogP contribution in [-0.4, -0.2) is 29.6 Å². The van der Waals surface area contributed by atoms with Gasteiger partial charge in [0.25, 0.3) is 0 Å². The van der Waals surface area contributed by atoms with E-state index in [2.05, 4.69) is 17.3 Å². The lowest BCUT2D eigenvalue weighted by Gasteiger charge is -2.31. The van der Waals surface area contributed by atoms with Crippen LogP contribution < -0.4 is 5.32 Å². The summed E-state index contributed by atoms with van der Waals surface area (Å²) in [6.07, 6.45) is 13.8. The Balaban J connectivity index is 1.69. The van der Waals surface area contributed by atoms with E-state index in [-0.39, 0.29) is 0 Å². The standard InChI is InChI=1S/C15H28N2S/c1-17(12-13-8-4-2-5-9-13)15(18)16-14-10-6-3-7-11-14/h13-14H,2-12H2,1H3,(H,16,18). The third-order valence-corrected chi connectivity index (χ3v) is 4.97. The van der Waals surface area contributed by atoms with Crippen LogP contribution in [-0.2, 0) is 0 Å². The zero-order valence-corrected chi connectivity index (χ0v) is 12.6. The zero-order valence-electron chi connectivity index (χ0n) is 11.8. The van der Waals surface area contributed by atoms with Crippen LogP contribution in [0, 0.1) is 5.92 Å². The molecule has 0 aromatic heterocycles. The minimum atomic E-state index is 0.639. The van der Waals surface area contributed by atoms with Crippen molar-refractivity contribution in [1.82, 2.24) is 10.2 Å². The molecule has 2 aliphatic rings. The van der Waals surface area contributed by atoms with Gasteiger partial charge in [0.05, 0.1) is 0 Å². The normalized spacial score (nSPS) is 22.7. The highest BCUT2D eigenvalue weighted by Crippen LogP contribution is 2.24.